The second-order valence-corrected chi connectivity index (χ2v) is 11.2. The van der Waals surface area contributed by atoms with Crippen molar-refractivity contribution in [1.82, 2.24) is 29.0 Å². The topological polar surface area (TPSA) is 107 Å². The summed E-state index contributed by atoms with van der Waals surface area (Å²) in [6, 6.07) is 15.1. The lowest BCUT2D eigenvalue weighted by Gasteiger charge is -2.15. The number of imidazole rings is 1. The van der Waals surface area contributed by atoms with Crippen molar-refractivity contribution in [2.24, 2.45) is 0 Å². The van der Waals surface area contributed by atoms with Crippen molar-refractivity contribution < 1.29 is 9.53 Å². The Labute approximate surface area is 245 Å². The molecule has 0 aliphatic carbocycles. The highest BCUT2D eigenvalue weighted by Crippen LogP contribution is 2.44. The molecule has 0 saturated heterocycles. The first-order valence-corrected chi connectivity index (χ1v) is 14.1. The number of amides is 1. The Hall–Kier alpha value is -5.03. The molecule has 6 aromatic rings. The summed E-state index contributed by atoms with van der Waals surface area (Å²) in [6.45, 7) is 4.21. The number of anilines is 2. The molecule has 1 aromatic carbocycles. The Morgan fingerprint density at radius 2 is 1.88 bits per heavy atom. The Bertz CT molecular complexity index is 2040. The highest BCUT2D eigenvalue weighted by molar-refractivity contribution is 7.22. The number of pyridine rings is 2. The van der Waals surface area contributed by atoms with Crippen LogP contribution in [0.25, 0.3) is 26.2 Å². The molecular formula is C31H29N7O3S. The van der Waals surface area contributed by atoms with Gasteiger partial charge in [-0.1, -0.05) is 12.1 Å². The van der Waals surface area contributed by atoms with Gasteiger partial charge in [-0.15, -0.1) is 11.3 Å². The number of aryl methyl sites for hydroxylation is 2. The first kappa shape index (κ1) is 27.2. The predicted molar refractivity (Wildman–Crippen MR) is 165 cm³/mol. The Balaban J connectivity index is 1.38. The van der Waals surface area contributed by atoms with Crippen LogP contribution in [-0.4, -0.2) is 56.2 Å². The van der Waals surface area contributed by atoms with E-state index in [1.165, 1.54) is 16.2 Å². The minimum Gasteiger partial charge on any atom is -0.494 e. The number of carbonyl (C=O) groups is 1. The second-order valence-electron chi connectivity index (χ2n) is 10.2. The number of methoxy groups -OCH3 is 1. The maximum Gasteiger partial charge on any atom is 0.271 e. The van der Waals surface area contributed by atoms with E-state index in [0.29, 0.717) is 27.5 Å². The number of nitrogens with one attached hydrogen (secondary N) is 1. The molecule has 1 N–H and O–H groups in total. The lowest BCUT2D eigenvalue weighted by atomic mass is 10.1. The summed E-state index contributed by atoms with van der Waals surface area (Å²) < 4.78 is 9.95. The fourth-order valence-electron chi connectivity index (χ4n) is 5.03. The van der Waals surface area contributed by atoms with Gasteiger partial charge < -0.3 is 19.5 Å². The van der Waals surface area contributed by atoms with Crippen LogP contribution in [0.5, 0.6) is 5.75 Å². The largest absolute Gasteiger partial charge is 0.494 e. The van der Waals surface area contributed by atoms with E-state index in [-0.39, 0.29) is 18.0 Å². The first-order chi connectivity index (χ1) is 20.2. The predicted octanol–water partition coefficient (Wildman–Crippen LogP) is 5.29. The van der Waals surface area contributed by atoms with E-state index in [1.807, 2.05) is 56.4 Å². The number of ether oxygens (including phenoxy) is 1. The summed E-state index contributed by atoms with van der Waals surface area (Å²) in [7, 11) is 5.01. The zero-order valence-electron chi connectivity index (χ0n) is 23.9. The average Bonchev–Trinajstić information content (AvgIpc) is 3.59. The van der Waals surface area contributed by atoms with Gasteiger partial charge in [-0.3, -0.25) is 9.59 Å². The lowest BCUT2D eigenvalue weighted by Crippen LogP contribution is -2.24. The maximum atomic E-state index is 13.7. The van der Waals surface area contributed by atoms with E-state index in [2.05, 4.69) is 20.4 Å². The van der Waals surface area contributed by atoms with Crippen molar-refractivity contribution in [2.75, 3.05) is 26.5 Å². The molecule has 0 spiro atoms. The average molecular weight is 580 g/mol. The summed E-state index contributed by atoms with van der Waals surface area (Å²) >= 11 is 1.44. The van der Waals surface area contributed by atoms with Crippen LogP contribution in [0.2, 0.25) is 0 Å². The second kappa shape index (κ2) is 10.7. The normalized spacial score (nSPS) is 11.3. The molecule has 0 fully saturated rings. The molecule has 0 aliphatic heterocycles. The van der Waals surface area contributed by atoms with E-state index >= 15 is 0 Å². The maximum absolute atomic E-state index is 13.7. The molecule has 5 heterocycles. The summed E-state index contributed by atoms with van der Waals surface area (Å²) in [5.41, 5.74) is 5.89. The van der Waals surface area contributed by atoms with E-state index in [0.717, 1.165) is 38.5 Å². The van der Waals surface area contributed by atoms with Crippen molar-refractivity contribution in [3.05, 3.63) is 100 Å². The van der Waals surface area contributed by atoms with Crippen molar-refractivity contribution >= 4 is 44.4 Å². The Morgan fingerprint density at radius 1 is 1.07 bits per heavy atom. The number of thiophene rings is 1. The van der Waals surface area contributed by atoms with Gasteiger partial charge in [0.15, 0.2) is 11.4 Å². The number of hydrogen-bond donors (Lipinski definition) is 1. The number of aromatic nitrogens is 5. The summed E-state index contributed by atoms with van der Waals surface area (Å²) in [6.07, 6.45) is 5.31. The number of para-hydroxylation sites is 1. The smallest absolute Gasteiger partial charge is 0.271 e. The lowest BCUT2D eigenvalue weighted by molar-refractivity contribution is 0.0821. The number of rotatable bonds is 7. The third-order valence-electron chi connectivity index (χ3n) is 7.05. The van der Waals surface area contributed by atoms with Gasteiger partial charge in [0.1, 0.15) is 10.4 Å². The molecule has 0 atom stereocenters. The highest BCUT2D eigenvalue weighted by Gasteiger charge is 2.20. The molecule has 0 bridgehead atoms. The van der Waals surface area contributed by atoms with Gasteiger partial charge in [-0.25, -0.2) is 14.5 Å². The van der Waals surface area contributed by atoms with Gasteiger partial charge in [0.25, 0.3) is 11.5 Å². The number of benzene rings is 1. The zero-order chi connectivity index (χ0) is 29.5. The number of hydrogen-bond acceptors (Lipinski definition) is 8. The van der Waals surface area contributed by atoms with Crippen molar-refractivity contribution in [3.8, 4) is 16.2 Å². The van der Waals surface area contributed by atoms with E-state index < -0.39 is 0 Å². The van der Waals surface area contributed by atoms with Crippen molar-refractivity contribution in [3.63, 3.8) is 0 Å². The SMILES string of the molecule is COc1c(Nc2cc(C)nn3ccnc23)cccc1-c1sc2c(=O)n(Cc3cccc(C(=O)N(C)C)n3)ccc2c1C. The van der Waals surface area contributed by atoms with Crippen LogP contribution < -0.4 is 15.6 Å². The molecule has 11 heteroatoms. The molecule has 0 radical (unpaired) electrons. The van der Waals surface area contributed by atoms with Crippen molar-refractivity contribution in [2.45, 2.75) is 20.4 Å². The summed E-state index contributed by atoms with van der Waals surface area (Å²) in [5.74, 6) is 0.482. The number of fused-ring (bicyclic) bond motifs is 2. The van der Waals surface area contributed by atoms with Gasteiger partial charge in [0.05, 0.1) is 36.4 Å². The third-order valence-corrected chi connectivity index (χ3v) is 8.38. The summed E-state index contributed by atoms with van der Waals surface area (Å²) in [5, 5.41) is 8.85. The van der Waals surface area contributed by atoms with Gasteiger partial charge >= 0.3 is 0 Å². The molecule has 0 saturated carbocycles. The van der Waals surface area contributed by atoms with E-state index in [9.17, 15) is 9.59 Å². The third kappa shape index (κ3) is 4.77. The Kier molecular flexibility index (Phi) is 6.95. The summed E-state index contributed by atoms with van der Waals surface area (Å²) in [4.78, 5) is 37.4. The standard InChI is InChI=1S/C31H29N7O3S/c1-18-16-25(29-32-13-15-38(29)35-18)34-23-10-7-9-22(26(23)41-5)27-19(2)21-12-14-37(31(40)28(21)42-27)17-20-8-6-11-24(33-20)30(39)36(3)4/h6-16,34H,17H2,1-5H3. The van der Waals surface area contributed by atoms with Gasteiger partial charge in [-0.2, -0.15) is 5.10 Å². The fourth-order valence-corrected chi connectivity index (χ4v) is 6.31. The minimum absolute atomic E-state index is 0.111. The first-order valence-electron chi connectivity index (χ1n) is 13.3. The van der Waals surface area contributed by atoms with E-state index in [1.54, 1.807) is 54.8 Å². The number of nitrogens with zero attached hydrogens (tertiary/aromatic N) is 6. The molecule has 0 aliphatic rings. The molecule has 5 aromatic heterocycles. The molecule has 42 heavy (non-hydrogen) atoms. The molecule has 6 rings (SSSR count). The van der Waals surface area contributed by atoms with Gasteiger partial charge in [0.2, 0.25) is 0 Å². The van der Waals surface area contributed by atoms with Crippen LogP contribution in [0.1, 0.15) is 27.4 Å². The molecular weight excluding hydrogens is 550 g/mol. The quantitative estimate of drug-likeness (QED) is 0.274. The zero-order valence-corrected chi connectivity index (χ0v) is 24.7. The fraction of sp³-hybridized carbons (Fsp3) is 0.194. The van der Waals surface area contributed by atoms with Crippen LogP contribution in [0.15, 0.2) is 71.9 Å². The van der Waals surface area contributed by atoms with E-state index in [4.69, 9.17) is 4.74 Å². The monoisotopic (exact) mass is 579 g/mol. The molecule has 10 nitrogen and oxygen atoms in total. The number of carbonyl (C=O) groups excluding carboxylic acids is 1. The Morgan fingerprint density at radius 3 is 2.67 bits per heavy atom. The molecule has 212 valence electrons. The van der Waals surface area contributed by atoms with Crippen LogP contribution in [0, 0.1) is 13.8 Å². The van der Waals surface area contributed by atoms with Gasteiger partial charge in [0, 0.05) is 48.5 Å². The van der Waals surface area contributed by atoms with Crippen LogP contribution in [0.4, 0.5) is 11.4 Å². The van der Waals surface area contributed by atoms with Crippen LogP contribution in [-0.2, 0) is 6.54 Å². The molecule has 1 amide bonds. The van der Waals surface area contributed by atoms with Crippen molar-refractivity contribution in [1.29, 1.82) is 0 Å². The van der Waals surface area contributed by atoms with Crippen LogP contribution in [0.3, 0.4) is 0 Å². The molecule has 0 unspecified atom stereocenters. The minimum atomic E-state index is -0.183. The van der Waals surface area contributed by atoms with Crippen LogP contribution >= 0.6 is 11.3 Å². The van der Waals surface area contributed by atoms with Gasteiger partial charge in [-0.05, 0) is 55.8 Å². The highest BCUT2D eigenvalue weighted by atomic mass is 32.1.